The fourth-order valence-electron chi connectivity index (χ4n) is 2.91. The Balaban J connectivity index is 2.09. The van der Waals surface area contributed by atoms with Crippen molar-refractivity contribution in [1.82, 2.24) is 9.55 Å². The Hall–Kier alpha value is -1.27. The number of nitrogens with zero attached hydrogens (tertiary/aromatic N) is 2. The molecule has 7 heteroatoms. The Morgan fingerprint density at radius 2 is 2.29 bits per heavy atom. The van der Waals surface area contributed by atoms with Crippen LogP contribution in [0.15, 0.2) is 18.2 Å². The number of hydrogen-bond acceptors (Lipinski definition) is 4. The van der Waals surface area contributed by atoms with E-state index < -0.39 is 9.84 Å². The summed E-state index contributed by atoms with van der Waals surface area (Å²) in [5.74, 6) is 1.87. The van der Waals surface area contributed by atoms with Crippen LogP contribution in [0.5, 0.6) is 5.75 Å². The van der Waals surface area contributed by atoms with Crippen molar-refractivity contribution in [2.24, 2.45) is 0 Å². The van der Waals surface area contributed by atoms with Crippen LogP contribution in [-0.2, 0) is 22.3 Å². The van der Waals surface area contributed by atoms with Crippen LogP contribution < -0.4 is 4.74 Å². The number of halogens is 1. The second-order valence-corrected chi connectivity index (χ2v) is 7.90. The van der Waals surface area contributed by atoms with Crippen molar-refractivity contribution < 1.29 is 13.2 Å². The van der Waals surface area contributed by atoms with Crippen molar-refractivity contribution in [2.45, 2.75) is 30.5 Å². The molecule has 1 aromatic carbocycles. The van der Waals surface area contributed by atoms with Crippen LogP contribution in [0.25, 0.3) is 11.0 Å². The van der Waals surface area contributed by atoms with Crippen LogP contribution in [-0.4, -0.2) is 36.1 Å². The number of rotatable bonds is 4. The molecule has 21 heavy (non-hydrogen) atoms. The largest absolute Gasteiger partial charge is 0.494 e. The topological polar surface area (TPSA) is 61.2 Å². The number of methoxy groups -OCH3 is 1. The predicted octanol–water partition coefficient (Wildman–Crippen LogP) is 2.36. The lowest BCUT2D eigenvalue weighted by Gasteiger charge is -2.13. The number of ether oxygens (including phenoxy) is 1. The standard InChI is InChI=1S/C14H17ClN2O3S/c1-20-12-6-2-5-11-14(12)16-13(8-15)17(11)9-10-4-3-7-21(10,18)19/h2,5-6,10H,3-4,7-9H2,1H3. The van der Waals surface area contributed by atoms with Gasteiger partial charge >= 0.3 is 0 Å². The van der Waals surface area contributed by atoms with E-state index in [2.05, 4.69) is 4.98 Å². The Morgan fingerprint density at radius 3 is 2.90 bits per heavy atom. The van der Waals surface area contributed by atoms with E-state index in [9.17, 15) is 8.42 Å². The molecule has 114 valence electrons. The molecule has 1 aliphatic heterocycles. The molecule has 0 aliphatic carbocycles. The summed E-state index contributed by atoms with van der Waals surface area (Å²) < 4.78 is 31.3. The minimum Gasteiger partial charge on any atom is -0.494 e. The fraction of sp³-hybridized carbons (Fsp3) is 0.500. The van der Waals surface area contributed by atoms with Crippen LogP contribution in [0, 0.1) is 0 Å². The average molecular weight is 329 g/mol. The van der Waals surface area contributed by atoms with Gasteiger partial charge in [0.15, 0.2) is 9.84 Å². The fourth-order valence-corrected chi connectivity index (χ4v) is 4.92. The summed E-state index contributed by atoms with van der Waals surface area (Å²) in [5, 5.41) is -0.344. The normalized spacial score (nSPS) is 21.0. The van der Waals surface area contributed by atoms with Crippen molar-refractivity contribution in [1.29, 1.82) is 0 Å². The number of benzene rings is 1. The molecule has 0 amide bonds. The van der Waals surface area contributed by atoms with Crippen molar-refractivity contribution in [2.75, 3.05) is 12.9 Å². The van der Waals surface area contributed by atoms with E-state index >= 15 is 0 Å². The molecular weight excluding hydrogens is 312 g/mol. The van der Waals surface area contributed by atoms with E-state index in [1.165, 1.54) is 0 Å². The third-order valence-electron chi connectivity index (χ3n) is 4.01. The highest BCUT2D eigenvalue weighted by atomic mass is 35.5. The summed E-state index contributed by atoms with van der Waals surface area (Å²) in [5.41, 5.74) is 1.60. The molecule has 3 rings (SSSR count). The first-order chi connectivity index (χ1) is 10.1. The molecule has 5 nitrogen and oxygen atoms in total. The summed E-state index contributed by atoms with van der Waals surface area (Å²) in [6.07, 6.45) is 1.44. The number of alkyl halides is 1. The van der Waals surface area contributed by atoms with Crippen molar-refractivity contribution >= 4 is 32.5 Å². The highest BCUT2D eigenvalue weighted by molar-refractivity contribution is 7.92. The Labute approximate surface area is 128 Å². The van der Waals surface area contributed by atoms with Crippen molar-refractivity contribution in [3.8, 4) is 5.75 Å². The summed E-state index contributed by atoms with van der Waals surface area (Å²) in [4.78, 5) is 4.50. The summed E-state index contributed by atoms with van der Waals surface area (Å²) in [7, 11) is -1.40. The summed E-state index contributed by atoms with van der Waals surface area (Å²) >= 11 is 5.98. The monoisotopic (exact) mass is 328 g/mol. The van der Waals surface area contributed by atoms with Gasteiger partial charge < -0.3 is 9.30 Å². The van der Waals surface area contributed by atoms with Gasteiger partial charge in [0.25, 0.3) is 0 Å². The Morgan fingerprint density at radius 1 is 1.48 bits per heavy atom. The van der Waals surface area contributed by atoms with E-state index in [-0.39, 0.29) is 16.9 Å². The summed E-state index contributed by atoms with van der Waals surface area (Å²) in [6, 6.07) is 5.63. The van der Waals surface area contributed by atoms with Gasteiger partial charge in [-0.1, -0.05) is 6.07 Å². The second-order valence-electron chi connectivity index (χ2n) is 5.23. The van der Waals surface area contributed by atoms with Gasteiger partial charge in [-0.2, -0.15) is 0 Å². The van der Waals surface area contributed by atoms with Gasteiger partial charge in [0.05, 0.1) is 29.5 Å². The zero-order valence-electron chi connectivity index (χ0n) is 11.8. The Kier molecular flexibility index (Phi) is 3.84. The maximum Gasteiger partial charge on any atom is 0.154 e. The van der Waals surface area contributed by atoms with Gasteiger partial charge in [0.2, 0.25) is 0 Å². The van der Waals surface area contributed by atoms with Gasteiger partial charge in [-0.3, -0.25) is 0 Å². The lowest BCUT2D eigenvalue weighted by atomic mass is 10.2. The molecule has 1 fully saturated rings. The van der Waals surface area contributed by atoms with Crippen molar-refractivity contribution in [3.63, 3.8) is 0 Å². The first kappa shape index (κ1) is 14.7. The SMILES string of the molecule is COc1cccc2c1nc(CCl)n2CC1CCCS1(=O)=O. The molecular formula is C14H17ClN2O3S. The van der Waals surface area contributed by atoms with Crippen LogP contribution in [0.3, 0.4) is 0 Å². The lowest BCUT2D eigenvalue weighted by molar-refractivity contribution is 0.419. The first-order valence-electron chi connectivity index (χ1n) is 6.86. The number of imidazole rings is 1. The molecule has 1 aromatic heterocycles. The molecule has 2 aromatic rings. The number of hydrogen-bond donors (Lipinski definition) is 0. The average Bonchev–Trinajstić information content (AvgIpc) is 2.99. The summed E-state index contributed by atoms with van der Waals surface area (Å²) in [6.45, 7) is 0.411. The van der Waals surface area contributed by atoms with Gasteiger partial charge in [-0.15, -0.1) is 11.6 Å². The van der Waals surface area contributed by atoms with Gasteiger partial charge in [0.1, 0.15) is 17.1 Å². The Bertz CT molecular complexity index is 770. The van der Waals surface area contributed by atoms with Gasteiger partial charge in [0, 0.05) is 6.54 Å². The number of fused-ring (bicyclic) bond motifs is 1. The molecule has 1 aliphatic rings. The maximum atomic E-state index is 12.1. The number of aromatic nitrogens is 2. The van der Waals surface area contributed by atoms with Crippen molar-refractivity contribution in [3.05, 3.63) is 24.0 Å². The quantitative estimate of drug-likeness (QED) is 0.808. The minimum atomic E-state index is -3.00. The minimum absolute atomic E-state index is 0.241. The first-order valence-corrected chi connectivity index (χ1v) is 9.11. The molecule has 2 heterocycles. The molecule has 0 saturated carbocycles. The van der Waals surface area contributed by atoms with Gasteiger partial charge in [-0.05, 0) is 25.0 Å². The molecule has 0 radical (unpaired) electrons. The van der Waals surface area contributed by atoms with E-state index in [4.69, 9.17) is 16.3 Å². The zero-order chi connectivity index (χ0) is 15.0. The molecule has 0 N–H and O–H groups in total. The molecule has 1 saturated heterocycles. The second kappa shape index (κ2) is 5.50. The van der Waals surface area contributed by atoms with Gasteiger partial charge in [-0.25, -0.2) is 13.4 Å². The van der Waals surface area contributed by atoms with E-state index in [1.807, 2.05) is 22.8 Å². The molecule has 1 unspecified atom stereocenters. The maximum absolute atomic E-state index is 12.1. The number of sulfone groups is 1. The highest BCUT2D eigenvalue weighted by Gasteiger charge is 2.32. The van der Waals surface area contributed by atoms with Crippen LogP contribution in [0.2, 0.25) is 0 Å². The molecule has 0 bridgehead atoms. The lowest BCUT2D eigenvalue weighted by Crippen LogP contribution is -2.23. The van der Waals surface area contributed by atoms with Crippen LogP contribution >= 0.6 is 11.6 Å². The highest BCUT2D eigenvalue weighted by Crippen LogP contribution is 2.29. The smallest absolute Gasteiger partial charge is 0.154 e. The van der Waals surface area contributed by atoms with E-state index in [0.29, 0.717) is 24.5 Å². The third-order valence-corrected chi connectivity index (χ3v) is 6.51. The van der Waals surface area contributed by atoms with E-state index in [1.54, 1.807) is 7.11 Å². The van der Waals surface area contributed by atoms with Crippen LogP contribution in [0.1, 0.15) is 18.7 Å². The van der Waals surface area contributed by atoms with E-state index in [0.717, 1.165) is 17.5 Å². The molecule has 1 atom stereocenters. The third kappa shape index (κ3) is 2.51. The molecule has 0 spiro atoms. The number of para-hydroxylation sites is 1. The van der Waals surface area contributed by atoms with Crippen LogP contribution in [0.4, 0.5) is 0 Å². The predicted molar refractivity (Wildman–Crippen MR) is 82.7 cm³/mol. The zero-order valence-corrected chi connectivity index (χ0v) is 13.3.